The first-order valence-electron chi connectivity index (χ1n) is 7.40. The number of hydrogen-bond donors (Lipinski definition) is 1. The Kier molecular flexibility index (Phi) is 4.38. The summed E-state index contributed by atoms with van der Waals surface area (Å²) < 4.78 is 26.6. The van der Waals surface area contributed by atoms with E-state index in [0.717, 1.165) is 12.8 Å². The highest BCUT2D eigenvalue weighted by Gasteiger charge is 2.56. The van der Waals surface area contributed by atoms with Gasteiger partial charge in [0.2, 0.25) is 10.0 Å². The zero-order valence-electron chi connectivity index (χ0n) is 12.3. The third-order valence-corrected chi connectivity index (χ3v) is 7.49. The zero-order valence-corrected chi connectivity index (χ0v) is 14.7. The highest BCUT2D eigenvalue weighted by molar-refractivity contribution is 7.88. The summed E-state index contributed by atoms with van der Waals surface area (Å²) in [6.07, 6.45) is 2.16. The predicted octanol–water partition coefficient (Wildman–Crippen LogP) is 3.01. The number of carboxylic acid groups (broad SMARTS) is 1. The van der Waals surface area contributed by atoms with E-state index in [2.05, 4.69) is 0 Å². The first-order chi connectivity index (χ1) is 10.7. The number of halogens is 2. The smallest absolute Gasteiger partial charge is 0.311 e. The Labute approximate surface area is 145 Å². The van der Waals surface area contributed by atoms with E-state index >= 15 is 0 Å². The molecule has 1 aromatic rings. The van der Waals surface area contributed by atoms with Crippen LogP contribution in [0.15, 0.2) is 18.2 Å². The third kappa shape index (κ3) is 2.97. The van der Waals surface area contributed by atoms with E-state index in [1.807, 2.05) is 0 Å². The molecule has 23 heavy (non-hydrogen) atoms. The standard InChI is InChI=1S/C15H17Cl2NO4S/c16-12-4-3-10(6-13(12)17)8-23(21,22)18-7-11-2-1-5-15(11,9-18)14(19)20/h3-4,6,11H,1-2,5,7-9H2,(H,19,20)/t11-,15+/m0/s1. The van der Waals surface area contributed by atoms with Crippen LogP contribution in [0.5, 0.6) is 0 Å². The van der Waals surface area contributed by atoms with Gasteiger partial charge in [0.15, 0.2) is 0 Å². The van der Waals surface area contributed by atoms with Crippen LogP contribution in [0.4, 0.5) is 0 Å². The monoisotopic (exact) mass is 377 g/mol. The van der Waals surface area contributed by atoms with Crippen molar-refractivity contribution in [2.45, 2.75) is 25.0 Å². The lowest BCUT2D eigenvalue weighted by molar-refractivity contribution is -0.149. The Bertz CT molecular complexity index is 752. The highest BCUT2D eigenvalue weighted by Crippen LogP contribution is 2.49. The van der Waals surface area contributed by atoms with Crippen LogP contribution in [0, 0.1) is 11.3 Å². The molecule has 5 nitrogen and oxygen atoms in total. The van der Waals surface area contributed by atoms with Crippen molar-refractivity contribution in [2.75, 3.05) is 13.1 Å². The van der Waals surface area contributed by atoms with Crippen molar-refractivity contribution in [3.8, 4) is 0 Å². The van der Waals surface area contributed by atoms with E-state index in [1.165, 1.54) is 10.4 Å². The maximum absolute atomic E-state index is 12.7. The molecule has 126 valence electrons. The van der Waals surface area contributed by atoms with Crippen LogP contribution < -0.4 is 0 Å². The van der Waals surface area contributed by atoms with E-state index in [1.54, 1.807) is 12.1 Å². The summed E-state index contributed by atoms with van der Waals surface area (Å²) in [5.74, 6) is -1.18. The summed E-state index contributed by atoms with van der Waals surface area (Å²) in [4.78, 5) is 11.7. The second kappa shape index (κ2) is 5.92. The molecule has 2 fully saturated rings. The molecule has 2 atom stereocenters. The molecular formula is C15H17Cl2NO4S. The van der Waals surface area contributed by atoms with E-state index in [4.69, 9.17) is 23.2 Å². The van der Waals surface area contributed by atoms with E-state index < -0.39 is 21.4 Å². The van der Waals surface area contributed by atoms with Gasteiger partial charge in [-0.15, -0.1) is 0 Å². The first-order valence-corrected chi connectivity index (χ1v) is 9.76. The maximum Gasteiger partial charge on any atom is 0.311 e. The number of sulfonamides is 1. The number of hydrogen-bond acceptors (Lipinski definition) is 3. The van der Waals surface area contributed by atoms with E-state index in [9.17, 15) is 18.3 Å². The quantitative estimate of drug-likeness (QED) is 0.874. The summed E-state index contributed by atoms with van der Waals surface area (Å²) in [6.45, 7) is 0.354. The van der Waals surface area contributed by atoms with Gasteiger partial charge in [-0.05, 0) is 36.5 Å². The zero-order chi connectivity index (χ0) is 16.8. The topological polar surface area (TPSA) is 74.7 Å². The molecule has 3 rings (SSSR count). The van der Waals surface area contributed by atoms with Gasteiger partial charge in [0, 0.05) is 13.1 Å². The molecule has 1 aliphatic carbocycles. The number of carbonyl (C=O) groups is 1. The van der Waals surface area contributed by atoms with Crippen LogP contribution in [-0.4, -0.2) is 36.9 Å². The SMILES string of the molecule is O=C(O)[C@@]12CCC[C@H]1CN(S(=O)(=O)Cc1ccc(Cl)c(Cl)c1)C2. The normalized spacial score (nSPS) is 28.0. The van der Waals surface area contributed by atoms with Crippen LogP contribution in [-0.2, 0) is 20.6 Å². The molecule has 0 aromatic heterocycles. The number of benzene rings is 1. The van der Waals surface area contributed by atoms with Gasteiger partial charge in [-0.1, -0.05) is 35.7 Å². The van der Waals surface area contributed by atoms with Crippen LogP contribution in [0.1, 0.15) is 24.8 Å². The minimum atomic E-state index is -3.59. The minimum Gasteiger partial charge on any atom is -0.481 e. The molecule has 0 radical (unpaired) electrons. The van der Waals surface area contributed by atoms with Crippen LogP contribution >= 0.6 is 23.2 Å². The fourth-order valence-corrected chi connectivity index (χ4v) is 5.67. The van der Waals surface area contributed by atoms with Crippen LogP contribution in [0.3, 0.4) is 0 Å². The lowest BCUT2D eigenvalue weighted by Gasteiger charge is -2.23. The molecule has 1 saturated carbocycles. The van der Waals surface area contributed by atoms with Gasteiger partial charge in [-0.3, -0.25) is 4.79 Å². The first kappa shape index (κ1) is 17.0. The van der Waals surface area contributed by atoms with Crippen molar-refractivity contribution in [2.24, 2.45) is 11.3 Å². The van der Waals surface area contributed by atoms with Crippen molar-refractivity contribution in [1.29, 1.82) is 0 Å². The Morgan fingerprint density at radius 2 is 2.09 bits per heavy atom. The second-order valence-electron chi connectivity index (χ2n) is 6.35. The van der Waals surface area contributed by atoms with Crippen molar-refractivity contribution >= 4 is 39.2 Å². The number of nitrogens with zero attached hydrogens (tertiary/aromatic N) is 1. The molecule has 0 unspecified atom stereocenters. The summed E-state index contributed by atoms with van der Waals surface area (Å²) >= 11 is 11.8. The molecule has 2 aliphatic rings. The van der Waals surface area contributed by atoms with Gasteiger partial charge in [-0.25, -0.2) is 12.7 Å². The average Bonchev–Trinajstić information content (AvgIpc) is 3.00. The maximum atomic E-state index is 12.7. The number of aliphatic carboxylic acids is 1. The van der Waals surface area contributed by atoms with Crippen molar-refractivity contribution < 1.29 is 18.3 Å². The summed E-state index contributed by atoms with van der Waals surface area (Å²) in [5.41, 5.74) is -0.370. The summed E-state index contributed by atoms with van der Waals surface area (Å²) in [5, 5.41) is 10.2. The third-order valence-electron chi connectivity index (χ3n) is 4.99. The van der Waals surface area contributed by atoms with Crippen molar-refractivity contribution in [3.63, 3.8) is 0 Å². The Hall–Kier alpha value is -0.820. The minimum absolute atomic E-state index is 0.0661. The molecule has 1 saturated heterocycles. The largest absolute Gasteiger partial charge is 0.481 e. The fourth-order valence-electron chi connectivity index (χ4n) is 3.74. The molecule has 1 heterocycles. The van der Waals surface area contributed by atoms with Crippen molar-refractivity contribution in [3.05, 3.63) is 33.8 Å². The lowest BCUT2D eigenvalue weighted by atomic mass is 9.81. The predicted molar refractivity (Wildman–Crippen MR) is 88.1 cm³/mol. The highest BCUT2D eigenvalue weighted by atomic mass is 35.5. The molecule has 1 aromatic carbocycles. The van der Waals surface area contributed by atoms with Crippen LogP contribution in [0.2, 0.25) is 10.0 Å². The molecule has 0 bridgehead atoms. The molecule has 0 spiro atoms. The number of rotatable bonds is 4. The van der Waals surface area contributed by atoms with Crippen molar-refractivity contribution in [1.82, 2.24) is 4.31 Å². The van der Waals surface area contributed by atoms with Gasteiger partial charge in [0.05, 0.1) is 21.2 Å². The second-order valence-corrected chi connectivity index (χ2v) is 9.13. The fraction of sp³-hybridized carbons (Fsp3) is 0.533. The molecular weight excluding hydrogens is 361 g/mol. The number of fused-ring (bicyclic) bond motifs is 1. The van der Waals surface area contributed by atoms with Gasteiger partial charge in [0.1, 0.15) is 0 Å². The Morgan fingerprint density at radius 3 is 2.70 bits per heavy atom. The summed E-state index contributed by atoms with van der Waals surface area (Å²) in [6, 6.07) is 4.72. The van der Waals surface area contributed by atoms with E-state index in [0.29, 0.717) is 22.0 Å². The number of carboxylic acids is 1. The molecule has 8 heteroatoms. The van der Waals surface area contributed by atoms with Gasteiger partial charge in [-0.2, -0.15) is 0 Å². The van der Waals surface area contributed by atoms with Gasteiger partial charge >= 0.3 is 5.97 Å². The molecule has 0 amide bonds. The lowest BCUT2D eigenvalue weighted by Crippen LogP contribution is -2.37. The van der Waals surface area contributed by atoms with Gasteiger partial charge in [0.25, 0.3) is 0 Å². The summed E-state index contributed by atoms with van der Waals surface area (Å²) in [7, 11) is -3.59. The van der Waals surface area contributed by atoms with Crippen LogP contribution in [0.25, 0.3) is 0 Å². The Balaban J connectivity index is 1.81. The van der Waals surface area contributed by atoms with E-state index in [-0.39, 0.29) is 24.8 Å². The van der Waals surface area contributed by atoms with Gasteiger partial charge < -0.3 is 5.11 Å². The average molecular weight is 378 g/mol. The molecule has 1 aliphatic heterocycles. The Morgan fingerprint density at radius 1 is 1.35 bits per heavy atom. The molecule has 1 N–H and O–H groups in total.